The number of aliphatic imine (C=N–C) groups is 1. The highest BCUT2D eigenvalue weighted by molar-refractivity contribution is 8.20. The monoisotopic (exact) mass is 491 g/mol. The summed E-state index contributed by atoms with van der Waals surface area (Å²) in [5.41, 5.74) is 4.88. The predicted molar refractivity (Wildman–Crippen MR) is 142 cm³/mol. The number of para-hydroxylation sites is 1. The van der Waals surface area contributed by atoms with Crippen molar-refractivity contribution in [1.82, 2.24) is 0 Å². The highest BCUT2D eigenvalue weighted by Crippen LogP contribution is 2.51. The van der Waals surface area contributed by atoms with Crippen LogP contribution in [-0.4, -0.2) is 17.6 Å². The van der Waals surface area contributed by atoms with Gasteiger partial charge in [0.1, 0.15) is 9.93 Å². The summed E-state index contributed by atoms with van der Waals surface area (Å²) in [5, 5.41) is 2.28. The highest BCUT2D eigenvalue weighted by Gasteiger charge is 2.40. The first-order chi connectivity index (χ1) is 16.0. The summed E-state index contributed by atoms with van der Waals surface area (Å²) >= 11 is 9.32. The van der Waals surface area contributed by atoms with Crippen LogP contribution in [0.25, 0.3) is 0 Å². The number of amidine groups is 1. The molecular weight excluding hydrogens is 470 g/mol. The van der Waals surface area contributed by atoms with Gasteiger partial charge in [-0.25, -0.2) is 4.99 Å². The van der Waals surface area contributed by atoms with Crippen LogP contribution in [0.15, 0.2) is 86.6 Å². The van der Waals surface area contributed by atoms with Crippen molar-refractivity contribution in [2.24, 2.45) is 4.99 Å². The molecule has 0 spiro atoms. The third-order valence-corrected chi connectivity index (χ3v) is 8.12. The molecule has 166 valence electrons. The van der Waals surface area contributed by atoms with E-state index >= 15 is 0 Å². The number of benzene rings is 3. The molecule has 2 aliphatic rings. The summed E-state index contributed by atoms with van der Waals surface area (Å²) in [4.78, 5) is 24.5. The largest absolute Gasteiger partial charge is 0.334 e. The minimum Gasteiger partial charge on any atom is -0.334 e. The van der Waals surface area contributed by atoms with Gasteiger partial charge in [0.15, 0.2) is 5.17 Å². The number of carbonyl (C=O) groups excluding carboxylic acids is 1. The van der Waals surface area contributed by atoms with Crippen molar-refractivity contribution < 1.29 is 4.79 Å². The van der Waals surface area contributed by atoms with Crippen LogP contribution in [0.2, 0.25) is 5.02 Å². The summed E-state index contributed by atoms with van der Waals surface area (Å²) < 4.78 is 0. The van der Waals surface area contributed by atoms with Crippen LogP contribution in [0.5, 0.6) is 0 Å². The number of hydrogen-bond acceptors (Lipinski definition) is 5. The van der Waals surface area contributed by atoms with Crippen LogP contribution in [-0.2, 0) is 4.79 Å². The summed E-state index contributed by atoms with van der Waals surface area (Å²) in [5.74, 6) is -0.0576. The average Bonchev–Trinajstić information content (AvgIpc) is 3.31. The van der Waals surface area contributed by atoms with E-state index in [1.54, 1.807) is 16.7 Å². The lowest BCUT2D eigenvalue weighted by Gasteiger charge is -2.19. The van der Waals surface area contributed by atoms with Gasteiger partial charge in [0.05, 0.1) is 17.1 Å². The average molecular weight is 492 g/mol. The van der Waals surface area contributed by atoms with E-state index < -0.39 is 0 Å². The summed E-state index contributed by atoms with van der Waals surface area (Å²) in [7, 11) is 0. The van der Waals surface area contributed by atoms with Gasteiger partial charge < -0.3 is 4.90 Å². The van der Waals surface area contributed by atoms with Gasteiger partial charge in [-0.3, -0.25) is 9.69 Å². The zero-order valence-electron chi connectivity index (χ0n) is 18.5. The molecule has 1 fully saturated rings. The van der Waals surface area contributed by atoms with Crippen molar-refractivity contribution in [3.05, 3.63) is 92.8 Å². The van der Waals surface area contributed by atoms with E-state index in [4.69, 9.17) is 16.6 Å². The lowest BCUT2D eigenvalue weighted by Crippen LogP contribution is -2.29. The van der Waals surface area contributed by atoms with E-state index in [-0.39, 0.29) is 5.91 Å². The van der Waals surface area contributed by atoms with Crippen molar-refractivity contribution in [2.75, 3.05) is 16.3 Å². The van der Waals surface area contributed by atoms with Crippen LogP contribution < -0.4 is 9.80 Å². The zero-order valence-corrected chi connectivity index (χ0v) is 20.9. The second-order valence-electron chi connectivity index (χ2n) is 7.86. The Hall–Kier alpha value is -2.67. The number of hydrogen-bond donors (Lipinski definition) is 0. The number of fused-ring (bicyclic) bond motifs is 1. The highest BCUT2D eigenvalue weighted by atomic mass is 35.5. The SMILES string of the molecule is CCN1/C(=C2/SC(=Nc3ccccc3C)N(c3cccc(C)c3)C2=O)Sc2ccc(Cl)cc21. The Morgan fingerprint density at radius 2 is 1.79 bits per heavy atom. The third-order valence-electron chi connectivity index (χ3n) is 5.55. The van der Waals surface area contributed by atoms with Crippen molar-refractivity contribution in [1.29, 1.82) is 0 Å². The lowest BCUT2D eigenvalue weighted by atomic mass is 10.2. The number of nitrogens with zero attached hydrogens (tertiary/aromatic N) is 3. The van der Waals surface area contributed by atoms with E-state index in [1.807, 2.05) is 80.6 Å². The van der Waals surface area contributed by atoms with Crippen molar-refractivity contribution in [3.63, 3.8) is 0 Å². The molecular formula is C26H22ClN3OS2. The fourth-order valence-electron chi connectivity index (χ4n) is 3.90. The van der Waals surface area contributed by atoms with Crippen molar-refractivity contribution in [3.8, 4) is 0 Å². The molecule has 5 rings (SSSR count). The molecule has 7 heteroatoms. The molecule has 0 atom stereocenters. The molecule has 4 nitrogen and oxygen atoms in total. The quantitative estimate of drug-likeness (QED) is 0.355. The normalized spacial score (nSPS) is 19.0. The Morgan fingerprint density at radius 3 is 2.55 bits per heavy atom. The van der Waals surface area contributed by atoms with Gasteiger partial charge in [-0.05, 0) is 80.1 Å². The molecule has 0 radical (unpaired) electrons. The third kappa shape index (κ3) is 4.07. The van der Waals surface area contributed by atoms with E-state index in [9.17, 15) is 4.79 Å². The lowest BCUT2D eigenvalue weighted by molar-refractivity contribution is -0.113. The van der Waals surface area contributed by atoms with Crippen LogP contribution in [0, 0.1) is 13.8 Å². The molecule has 2 heterocycles. The number of aryl methyl sites for hydroxylation is 2. The summed E-state index contributed by atoms with van der Waals surface area (Å²) in [6.45, 7) is 6.88. The van der Waals surface area contributed by atoms with Gasteiger partial charge in [0.2, 0.25) is 0 Å². The maximum atomic E-state index is 13.9. The Labute approximate surface area is 207 Å². The van der Waals surface area contributed by atoms with Crippen LogP contribution in [0.1, 0.15) is 18.1 Å². The van der Waals surface area contributed by atoms with Crippen LogP contribution in [0.3, 0.4) is 0 Å². The number of carbonyl (C=O) groups is 1. The molecule has 0 saturated carbocycles. The molecule has 3 aromatic rings. The standard InChI is InChI=1S/C26H22ClN3OS2/c1-4-29-21-15-18(27)12-13-22(21)32-25(29)23-24(31)30(19-10-7-8-16(2)14-19)26(33-23)28-20-11-6-5-9-17(20)3/h5-15H,4H2,1-3H3/b25-23-,28-26?. The maximum Gasteiger partial charge on any atom is 0.274 e. The Kier molecular flexibility index (Phi) is 5.99. The van der Waals surface area contributed by atoms with E-state index in [1.165, 1.54) is 11.8 Å². The van der Waals surface area contributed by atoms with Crippen LogP contribution >= 0.6 is 35.1 Å². The van der Waals surface area contributed by atoms with Crippen LogP contribution in [0.4, 0.5) is 17.1 Å². The number of rotatable bonds is 3. The first-order valence-corrected chi connectivity index (χ1v) is 12.7. The van der Waals surface area contributed by atoms with E-state index in [0.29, 0.717) is 15.1 Å². The fourth-order valence-corrected chi connectivity index (χ4v) is 6.44. The second-order valence-corrected chi connectivity index (χ2v) is 10.3. The molecule has 1 saturated heterocycles. The Morgan fingerprint density at radius 1 is 0.970 bits per heavy atom. The molecule has 2 aliphatic heterocycles. The minimum atomic E-state index is -0.0576. The zero-order chi connectivity index (χ0) is 23.1. The summed E-state index contributed by atoms with van der Waals surface area (Å²) in [6.07, 6.45) is 0. The second kappa shape index (κ2) is 8.93. The number of amides is 1. The summed E-state index contributed by atoms with van der Waals surface area (Å²) in [6, 6.07) is 21.8. The Bertz CT molecular complexity index is 1330. The van der Waals surface area contributed by atoms with Gasteiger partial charge in [-0.2, -0.15) is 0 Å². The van der Waals surface area contributed by atoms with Gasteiger partial charge >= 0.3 is 0 Å². The van der Waals surface area contributed by atoms with Crippen molar-refractivity contribution >= 4 is 63.3 Å². The van der Waals surface area contributed by atoms with Gasteiger partial charge in [0, 0.05) is 16.5 Å². The first kappa shape index (κ1) is 22.1. The molecule has 0 unspecified atom stereocenters. The van der Waals surface area contributed by atoms with E-state index in [0.717, 1.165) is 44.7 Å². The first-order valence-electron chi connectivity index (χ1n) is 10.7. The molecule has 0 aromatic heterocycles. The topological polar surface area (TPSA) is 35.9 Å². The van der Waals surface area contributed by atoms with E-state index in [2.05, 4.69) is 11.8 Å². The smallest absolute Gasteiger partial charge is 0.274 e. The molecule has 3 aromatic carbocycles. The molecule has 0 bridgehead atoms. The molecule has 0 N–H and O–H groups in total. The Balaban J connectivity index is 1.65. The van der Waals surface area contributed by atoms with Crippen molar-refractivity contribution in [2.45, 2.75) is 25.7 Å². The number of anilines is 2. The van der Waals surface area contributed by atoms with Gasteiger partial charge in [-0.15, -0.1) is 0 Å². The van der Waals surface area contributed by atoms with Gasteiger partial charge in [-0.1, -0.05) is 53.7 Å². The minimum absolute atomic E-state index is 0.0576. The molecule has 1 amide bonds. The molecule has 33 heavy (non-hydrogen) atoms. The number of thioether (sulfide) groups is 2. The maximum absolute atomic E-state index is 13.9. The molecule has 0 aliphatic carbocycles. The fraction of sp³-hybridized carbons (Fsp3) is 0.154. The number of halogens is 1. The predicted octanol–water partition coefficient (Wildman–Crippen LogP) is 7.53. The van der Waals surface area contributed by atoms with Gasteiger partial charge in [0.25, 0.3) is 5.91 Å².